The third-order valence-corrected chi connectivity index (χ3v) is 4.40. The summed E-state index contributed by atoms with van der Waals surface area (Å²) in [6.07, 6.45) is 5.91. The van der Waals surface area contributed by atoms with Crippen LogP contribution in [0.1, 0.15) is 41.4 Å². The third kappa shape index (κ3) is 2.15. The molecule has 18 heavy (non-hydrogen) atoms. The molecule has 1 aliphatic heterocycles. The van der Waals surface area contributed by atoms with Gasteiger partial charge in [0.15, 0.2) is 5.82 Å². The average Bonchev–Trinajstić information content (AvgIpc) is 3.09. The van der Waals surface area contributed by atoms with Crippen LogP contribution >= 0.6 is 11.8 Å². The van der Waals surface area contributed by atoms with Gasteiger partial charge >= 0.3 is 0 Å². The second-order valence-electron chi connectivity index (χ2n) is 4.42. The van der Waals surface area contributed by atoms with Crippen molar-refractivity contribution < 1.29 is 4.52 Å². The first-order chi connectivity index (χ1) is 8.74. The molecule has 0 aromatic carbocycles. The van der Waals surface area contributed by atoms with Gasteiger partial charge in [-0.15, -0.1) is 0 Å². The molecule has 0 amide bonds. The molecule has 2 N–H and O–H groups in total. The minimum Gasteiger partial charge on any atom is -0.337 e. The van der Waals surface area contributed by atoms with Gasteiger partial charge in [0, 0.05) is 18.8 Å². The maximum absolute atomic E-state index is 6.09. The zero-order valence-corrected chi connectivity index (χ0v) is 10.9. The summed E-state index contributed by atoms with van der Waals surface area (Å²) in [4.78, 5) is 4.42. The van der Waals surface area contributed by atoms with E-state index < -0.39 is 6.04 Å². The van der Waals surface area contributed by atoms with Gasteiger partial charge in [-0.2, -0.15) is 21.8 Å². The lowest BCUT2D eigenvalue weighted by Gasteiger charge is -2.02. The molecule has 0 saturated carbocycles. The Bertz CT molecular complexity index is 531. The highest BCUT2D eigenvalue weighted by atomic mass is 32.2. The largest absolute Gasteiger partial charge is 0.337 e. The summed E-state index contributed by atoms with van der Waals surface area (Å²) in [6, 6.07) is -0.397. The summed E-state index contributed by atoms with van der Waals surface area (Å²) in [6.45, 7) is 0. The first-order valence-electron chi connectivity index (χ1n) is 5.93. The number of aromatic nitrogens is 4. The van der Waals surface area contributed by atoms with Gasteiger partial charge in [0.2, 0.25) is 5.89 Å². The highest BCUT2D eigenvalue weighted by molar-refractivity contribution is 7.99. The Balaban J connectivity index is 1.80. The summed E-state index contributed by atoms with van der Waals surface area (Å²) < 4.78 is 6.97. The van der Waals surface area contributed by atoms with E-state index in [9.17, 15) is 0 Å². The van der Waals surface area contributed by atoms with E-state index in [0.717, 1.165) is 17.8 Å². The first-order valence-corrected chi connectivity index (χ1v) is 6.98. The molecule has 6 nitrogen and oxygen atoms in total. The molecule has 2 unspecified atom stereocenters. The molecular weight excluding hydrogens is 250 g/mol. The number of rotatable bonds is 3. The molecule has 96 valence electrons. The summed E-state index contributed by atoms with van der Waals surface area (Å²) in [5, 5.41) is 8.49. The monoisotopic (exact) mass is 265 g/mol. The van der Waals surface area contributed by atoms with Crippen molar-refractivity contribution in [1.82, 2.24) is 19.9 Å². The molecule has 1 saturated heterocycles. The Morgan fingerprint density at radius 3 is 3.17 bits per heavy atom. The van der Waals surface area contributed by atoms with Crippen molar-refractivity contribution in [3.63, 3.8) is 0 Å². The molecule has 3 rings (SSSR count). The van der Waals surface area contributed by atoms with Crippen LogP contribution in [0, 0.1) is 0 Å². The van der Waals surface area contributed by atoms with Gasteiger partial charge in [0.1, 0.15) is 6.04 Å². The molecule has 1 fully saturated rings. The van der Waals surface area contributed by atoms with Gasteiger partial charge in [-0.1, -0.05) is 5.16 Å². The minimum atomic E-state index is -0.397. The zero-order chi connectivity index (χ0) is 12.5. The predicted molar refractivity (Wildman–Crippen MR) is 68.0 cm³/mol. The highest BCUT2D eigenvalue weighted by Gasteiger charge is 2.25. The van der Waals surface area contributed by atoms with Gasteiger partial charge in [-0.3, -0.25) is 4.68 Å². The summed E-state index contributed by atoms with van der Waals surface area (Å²) in [5.41, 5.74) is 6.97. The lowest BCUT2D eigenvalue weighted by Crippen LogP contribution is -2.11. The molecule has 3 heterocycles. The molecule has 7 heteroatoms. The van der Waals surface area contributed by atoms with E-state index in [1.54, 1.807) is 10.9 Å². The smallest absolute Gasteiger partial charge is 0.248 e. The molecular formula is C11H15N5OS. The van der Waals surface area contributed by atoms with Crippen LogP contribution in [0.15, 0.2) is 16.9 Å². The fourth-order valence-corrected chi connectivity index (χ4v) is 3.22. The minimum absolute atomic E-state index is 0.364. The van der Waals surface area contributed by atoms with Crippen molar-refractivity contribution >= 4 is 11.8 Å². The van der Waals surface area contributed by atoms with Crippen LogP contribution in [0.4, 0.5) is 0 Å². The number of aryl methyl sites for hydroxylation is 1. The number of nitrogens with two attached hydrogens (primary N) is 1. The molecule has 1 aliphatic rings. The molecule has 0 aliphatic carbocycles. The Kier molecular flexibility index (Phi) is 3.09. The lowest BCUT2D eigenvalue weighted by atomic mass is 10.2. The highest BCUT2D eigenvalue weighted by Crippen LogP contribution is 2.38. The number of thioether (sulfide) groups is 1. The fraction of sp³-hybridized carbons (Fsp3) is 0.545. The summed E-state index contributed by atoms with van der Waals surface area (Å²) in [5.74, 6) is 2.40. The second-order valence-corrected chi connectivity index (χ2v) is 5.73. The van der Waals surface area contributed by atoms with Gasteiger partial charge in [0.25, 0.3) is 0 Å². The van der Waals surface area contributed by atoms with E-state index in [1.165, 1.54) is 12.2 Å². The van der Waals surface area contributed by atoms with E-state index in [0.29, 0.717) is 11.1 Å². The second kappa shape index (κ2) is 4.74. The van der Waals surface area contributed by atoms with Crippen LogP contribution in [0.5, 0.6) is 0 Å². The van der Waals surface area contributed by atoms with E-state index in [4.69, 9.17) is 10.3 Å². The zero-order valence-electron chi connectivity index (χ0n) is 10.1. The fourth-order valence-electron chi connectivity index (χ4n) is 2.03. The Hall–Kier alpha value is -1.34. The molecule has 0 radical (unpaired) electrons. The van der Waals surface area contributed by atoms with Crippen molar-refractivity contribution in [3.05, 3.63) is 29.7 Å². The van der Waals surface area contributed by atoms with E-state index in [1.807, 2.05) is 25.0 Å². The molecule has 0 bridgehead atoms. The SMILES string of the molecule is Cn1cc(C(N)c2nc(C3CCCS3)no2)cn1. The quantitative estimate of drug-likeness (QED) is 0.903. The Labute approximate surface area is 109 Å². The normalized spacial score (nSPS) is 21.3. The molecule has 2 atom stereocenters. The van der Waals surface area contributed by atoms with E-state index >= 15 is 0 Å². The lowest BCUT2D eigenvalue weighted by molar-refractivity contribution is 0.362. The van der Waals surface area contributed by atoms with Crippen LogP contribution in [0.3, 0.4) is 0 Å². The van der Waals surface area contributed by atoms with Gasteiger partial charge in [0.05, 0.1) is 11.4 Å². The maximum Gasteiger partial charge on any atom is 0.248 e. The van der Waals surface area contributed by atoms with Crippen molar-refractivity contribution in [2.45, 2.75) is 24.1 Å². The number of hydrogen-bond donors (Lipinski definition) is 1. The summed E-state index contributed by atoms with van der Waals surface area (Å²) in [7, 11) is 1.85. The Morgan fingerprint density at radius 2 is 2.50 bits per heavy atom. The van der Waals surface area contributed by atoms with Crippen LogP contribution < -0.4 is 5.73 Å². The van der Waals surface area contributed by atoms with Crippen LogP contribution in [-0.2, 0) is 7.05 Å². The van der Waals surface area contributed by atoms with Crippen molar-refractivity contribution in [2.75, 3.05) is 5.75 Å². The van der Waals surface area contributed by atoms with Gasteiger partial charge < -0.3 is 10.3 Å². The van der Waals surface area contributed by atoms with E-state index in [-0.39, 0.29) is 0 Å². The van der Waals surface area contributed by atoms with E-state index in [2.05, 4.69) is 15.2 Å². The molecule has 0 spiro atoms. The first kappa shape index (κ1) is 11.7. The van der Waals surface area contributed by atoms with Gasteiger partial charge in [-0.05, 0) is 18.6 Å². The standard InChI is InChI=1S/C11H15N5OS/c1-16-6-7(5-13-16)9(12)11-14-10(15-17-11)8-3-2-4-18-8/h5-6,8-9H,2-4,12H2,1H3. The average molecular weight is 265 g/mol. The van der Waals surface area contributed by atoms with Crippen molar-refractivity contribution in [2.24, 2.45) is 12.8 Å². The number of hydrogen-bond acceptors (Lipinski definition) is 6. The van der Waals surface area contributed by atoms with Crippen LogP contribution in [0.25, 0.3) is 0 Å². The predicted octanol–water partition coefficient (Wildman–Crippen LogP) is 1.42. The molecule has 2 aromatic heterocycles. The maximum atomic E-state index is 6.09. The Morgan fingerprint density at radius 1 is 1.61 bits per heavy atom. The van der Waals surface area contributed by atoms with Crippen molar-refractivity contribution in [1.29, 1.82) is 0 Å². The van der Waals surface area contributed by atoms with Crippen molar-refractivity contribution in [3.8, 4) is 0 Å². The number of nitrogens with zero attached hydrogens (tertiary/aromatic N) is 4. The third-order valence-electron chi connectivity index (χ3n) is 3.03. The summed E-state index contributed by atoms with van der Waals surface area (Å²) >= 11 is 1.88. The van der Waals surface area contributed by atoms with Crippen LogP contribution in [0.2, 0.25) is 0 Å². The van der Waals surface area contributed by atoms with Gasteiger partial charge in [-0.25, -0.2) is 0 Å². The topological polar surface area (TPSA) is 82.8 Å². The van der Waals surface area contributed by atoms with Crippen LogP contribution in [-0.4, -0.2) is 25.7 Å². The molecule has 2 aromatic rings.